The maximum absolute atomic E-state index is 12.0. The minimum absolute atomic E-state index is 0.0366. The van der Waals surface area contributed by atoms with Gasteiger partial charge in [0.1, 0.15) is 10.7 Å². The van der Waals surface area contributed by atoms with Crippen molar-refractivity contribution >= 4 is 27.2 Å². The van der Waals surface area contributed by atoms with Gasteiger partial charge in [0.25, 0.3) is 0 Å². The van der Waals surface area contributed by atoms with Crippen LogP contribution >= 0.6 is 11.3 Å². The summed E-state index contributed by atoms with van der Waals surface area (Å²) in [4.78, 5) is 17.2. The molecule has 0 aliphatic heterocycles. The van der Waals surface area contributed by atoms with Gasteiger partial charge in [-0.1, -0.05) is 11.3 Å². The number of rotatable bonds is 5. The summed E-state index contributed by atoms with van der Waals surface area (Å²) >= 11 is 0.989. The fourth-order valence-electron chi connectivity index (χ4n) is 1.34. The Morgan fingerprint density at radius 1 is 1.42 bits per heavy atom. The second-order valence-corrected chi connectivity index (χ2v) is 6.24. The van der Waals surface area contributed by atoms with Gasteiger partial charge < -0.3 is 10.3 Å². The summed E-state index contributed by atoms with van der Waals surface area (Å²) in [5, 5.41) is 4.38. The van der Waals surface area contributed by atoms with Crippen molar-refractivity contribution < 1.29 is 8.42 Å². The summed E-state index contributed by atoms with van der Waals surface area (Å²) in [5.41, 5.74) is 0.526. The molecule has 9 heteroatoms. The molecule has 0 bridgehead atoms. The van der Waals surface area contributed by atoms with Crippen LogP contribution in [0.1, 0.15) is 5.69 Å². The Morgan fingerprint density at radius 2 is 2.21 bits per heavy atom. The van der Waals surface area contributed by atoms with Crippen LogP contribution in [0.3, 0.4) is 0 Å². The lowest BCUT2D eigenvalue weighted by molar-refractivity contribution is 0.580. The molecule has 0 atom stereocenters. The monoisotopic (exact) mass is 300 g/mol. The van der Waals surface area contributed by atoms with E-state index in [1.165, 1.54) is 12.3 Å². The fraction of sp³-hybridized carbons (Fsp3) is 0.200. The third-order valence-corrected chi connectivity index (χ3v) is 4.43. The number of aromatic nitrogens is 2. The number of sulfonamides is 1. The van der Waals surface area contributed by atoms with E-state index in [9.17, 15) is 13.2 Å². The van der Waals surface area contributed by atoms with Gasteiger partial charge in [0.15, 0.2) is 0 Å². The normalized spacial score (nSPS) is 11.4. The number of pyridine rings is 1. The molecule has 0 amide bonds. The molecule has 0 aliphatic carbocycles. The van der Waals surface area contributed by atoms with Gasteiger partial charge in [-0.05, 0) is 12.1 Å². The molecule has 0 aliphatic rings. The van der Waals surface area contributed by atoms with E-state index in [1.54, 1.807) is 18.5 Å². The SMILES string of the molecule is CNc1ccc(S(=O)(=O)NCc2csc(=O)[nH]2)cn1. The second kappa shape index (κ2) is 5.51. The number of hydrogen-bond donors (Lipinski definition) is 3. The van der Waals surface area contributed by atoms with Crippen molar-refractivity contribution in [1.29, 1.82) is 0 Å². The van der Waals surface area contributed by atoms with Crippen molar-refractivity contribution in [2.45, 2.75) is 11.4 Å². The average Bonchev–Trinajstić information content (AvgIpc) is 2.82. The summed E-state index contributed by atoms with van der Waals surface area (Å²) < 4.78 is 26.3. The highest BCUT2D eigenvalue weighted by Crippen LogP contribution is 2.10. The quantitative estimate of drug-likeness (QED) is 0.739. The summed E-state index contributed by atoms with van der Waals surface area (Å²) in [7, 11) is -1.94. The first kappa shape index (κ1) is 13.7. The molecule has 3 N–H and O–H groups in total. The molecule has 0 spiro atoms. The second-order valence-electron chi connectivity index (χ2n) is 3.63. The van der Waals surface area contributed by atoms with Crippen molar-refractivity contribution in [1.82, 2.24) is 14.7 Å². The van der Waals surface area contributed by atoms with Gasteiger partial charge in [0.2, 0.25) is 10.0 Å². The van der Waals surface area contributed by atoms with E-state index >= 15 is 0 Å². The Morgan fingerprint density at radius 3 is 2.74 bits per heavy atom. The minimum atomic E-state index is -3.63. The van der Waals surface area contributed by atoms with Crippen LogP contribution in [0.25, 0.3) is 0 Å². The number of nitrogens with one attached hydrogen (secondary N) is 3. The van der Waals surface area contributed by atoms with Gasteiger partial charge in [0, 0.05) is 24.3 Å². The largest absolute Gasteiger partial charge is 0.373 e. The molecular formula is C10H12N4O3S2. The third-order valence-electron chi connectivity index (χ3n) is 2.33. The molecule has 2 heterocycles. The van der Waals surface area contributed by atoms with Gasteiger partial charge in [-0.25, -0.2) is 18.1 Å². The lowest BCUT2D eigenvalue weighted by Gasteiger charge is -2.06. The summed E-state index contributed by atoms with van der Waals surface area (Å²) in [6.07, 6.45) is 1.27. The van der Waals surface area contributed by atoms with Gasteiger partial charge in [-0.2, -0.15) is 0 Å². The molecule has 0 unspecified atom stereocenters. The Balaban J connectivity index is 2.11. The number of nitrogens with zero attached hydrogens (tertiary/aromatic N) is 1. The molecule has 0 fully saturated rings. The van der Waals surface area contributed by atoms with Crippen LogP contribution in [-0.2, 0) is 16.6 Å². The van der Waals surface area contributed by atoms with Crippen LogP contribution in [-0.4, -0.2) is 25.4 Å². The molecule has 0 radical (unpaired) electrons. The zero-order valence-corrected chi connectivity index (χ0v) is 11.6. The van der Waals surface area contributed by atoms with E-state index in [2.05, 4.69) is 20.0 Å². The highest BCUT2D eigenvalue weighted by Gasteiger charge is 2.14. The molecule has 2 aromatic rings. The molecule has 0 aromatic carbocycles. The van der Waals surface area contributed by atoms with Crippen molar-refractivity contribution in [2.75, 3.05) is 12.4 Å². The van der Waals surface area contributed by atoms with E-state index in [0.29, 0.717) is 11.5 Å². The highest BCUT2D eigenvalue weighted by molar-refractivity contribution is 7.89. The Labute approximate surface area is 113 Å². The van der Waals surface area contributed by atoms with Gasteiger partial charge >= 0.3 is 4.87 Å². The zero-order chi connectivity index (χ0) is 13.9. The van der Waals surface area contributed by atoms with Crippen LogP contribution < -0.4 is 14.9 Å². The zero-order valence-electron chi connectivity index (χ0n) is 10.0. The van der Waals surface area contributed by atoms with Crippen molar-refractivity contribution in [2.24, 2.45) is 0 Å². The lowest BCUT2D eigenvalue weighted by Crippen LogP contribution is -2.23. The Kier molecular flexibility index (Phi) is 3.98. The molecule has 2 aromatic heterocycles. The first-order chi connectivity index (χ1) is 9.01. The number of aromatic amines is 1. The van der Waals surface area contributed by atoms with Crippen molar-refractivity contribution in [3.8, 4) is 0 Å². The number of anilines is 1. The molecular weight excluding hydrogens is 288 g/mol. The average molecular weight is 300 g/mol. The third kappa shape index (κ3) is 3.40. The summed E-state index contributed by atoms with van der Waals surface area (Å²) in [5.74, 6) is 0.584. The van der Waals surface area contributed by atoms with E-state index in [4.69, 9.17) is 0 Å². The van der Waals surface area contributed by atoms with Crippen LogP contribution in [0, 0.1) is 0 Å². The van der Waals surface area contributed by atoms with E-state index in [1.807, 2.05) is 0 Å². The fourth-order valence-corrected chi connectivity index (χ4v) is 2.88. The Bertz CT molecular complexity index is 703. The van der Waals surface area contributed by atoms with Crippen LogP contribution in [0.2, 0.25) is 0 Å². The van der Waals surface area contributed by atoms with Crippen molar-refractivity contribution in [3.63, 3.8) is 0 Å². The maximum atomic E-state index is 12.0. The smallest absolute Gasteiger partial charge is 0.304 e. The predicted octanol–water partition coefficient (Wildman–Crippen LogP) is 0.352. The van der Waals surface area contributed by atoms with E-state index in [0.717, 1.165) is 11.3 Å². The van der Waals surface area contributed by atoms with Crippen molar-refractivity contribution in [3.05, 3.63) is 39.1 Å². The number of thiazole rings is 1. The predicted molar refractivity (Wildman–Crippen MR) is 72.7 cm³/mol. The number of hydrogen-bond acceptors (Lipinski definition) is 6. The topological polar surface area (TPSA) is 104 Å². The number of H-pyrrole nitrogens is 1. The van der Waals surface area contributed by atoms with E-state index in [-0.39, 0.29) is 16.3 Å². The molecule has 102 valence electrons. The molecule has 0 saturated carbocycles. The maximum Gasteiger partial charge on any atom is 0.304 e. The standard InChI is InChI=1S/C10H12N4O3S2/c1-11-9-3-2-8(5-12-9)19(16,17)13-4-7-6-18-10(15)14-7/h2-3,5-6,13H,4H2,1H3,(H,11,12)(H,14,15). The van der Waals surface area contributed by atoms with Crippen LogP contribution in [0.15, 0.2) is 33.4 Å². The summed E-state index contributed by atoms with van der Waals surface area (Å²) in [6.45, 7) is 0.0366. The molecule has 19 heavy (non-hydrogen) atoms. The van der Waals surface area contributed by atoms with Crippen LogP contribution in [0.5, 0.6) is 0 Å². The van der Waals surface area contributed by atoms with E-state index < -0.39 is 10.0 Å². The molecule has 2 rings (SSSR count). The minimum Gasteiger partial charge on any atom is -0.373 e. The first-order valence-electron chi connectivity index (χ1n) is 5.31. The lowest BCUT2D eigenvalue weighted by atomic mass is 10.5. The van der Waals surface area contributed by atoms with Crippen LogP contribution in [0.4, 0.5) is 5.82 Å². The first-order valence-corrected chi connectivity index (χ1v) is 7.68. The molecule has 0 saturated heterocycles. The molecule has 7 nitrogen and oxygen atoms in total. The highest BCUT2D eigenvalue weighted by atomic mass is 32.2. The van der Waals surface area contributed by atoms with Gasteiger partial charge in [-0.3, -0.25) is 4.79 Å². The summed E-state index contributed by atoms with van der Waals surface area (Å²) in [6, 6.07) is 3.03. The van der Waals surface area contributed by atoms with Gasteiger partial charge in [-0.15, -0.1) is 0 Å². The van der Waals surface area contributed by atoms with Gasteiger partial charge in [0.05, 0.1) is 6.54 Å². The Hall–Kier alpha value is -1.71.